The molecule has 0 N–H and O–H groups in total. The molecule has 0 saturated carbocycles. The Morgan fingerprint density at radius 2 is 2.06 bits per heavy atom. The lowest BCUT2D eigenvalue weighted by Crippen LogP contribution is -2.04. The Bertz CT molecular complexity index is 661. The van der Waals surface area contributed by atoms with E-state index in [2.05, 4.69) is 51.5 Å². The first-order valence-electron chi connectivity index (χ1n) is 5.76. The normalized spacial score (nSPS) is 11.2. The Kier molecular flexibility index (Phi) is 2.25. The van der Waals surface area contributed by atoms with E-state index in [0.717, 1.165) is 12.4 Å². The first kappa shape index (κ1) is 10.1. The Morgan fingerprint density at radius 1 is 1.18 bits per heavy atom. The van der Waals surface area contributed by atoms with Crippen LogP contribution in [-0.2, 0) is 13.6 Å². The first-order chi connectivity index (χ1) is 8.24. The summed E-state index contributed by atoms with van der Waals surface area (Å²) >= 11 is 0. The second kappa shape index (κ2) is 3.77. The fraction of sp³-hybridized carbons (Fsp3) is 0.214. The van der Waals surface area contributed by atoms with Crippen molar-refractivity contribution in [2.45, 2.75) is 13.5 Å². The number of aromatic nitrogens is 3. The summed E-state index contributed by atoms with van der Waals surface area (Å²) in [5, 5.41) is 1.28. The summed E-state index contributed by atoms with van der Waals surface area (Å²) in [6, 6.07) is 8.68. The SMILES string of the molecule is Cc1ccc2ccn(Cc3nccn3C)c2c1. The molecule has 3 aromatic rings. The molecule has 0 bridgehead atoms. The van der Waals surface area contributed by atoms with Crippen LogP contribution in [0.25, 0.3) is 10.9 Å². The molecule has 17 heavy (non-hydrogen) atoms. The third-order valence-corrected chi connectivity index (χ3v) is 3.16. The smallest absolute Gasteiger partial charge is 0.128 e. The van der Waals surface area contributed by atoms with Crippen molar-refractivity contribution >= 4 is 10.9 Å². The summed E-state index contributed by atoms with van der Waals surface area (Å²) in [7, 11) is 2.03. The summed E-state index contributed by atoms with van der Waals surface area (Å²) in [6.07, 6.45) is 5.94. The molecule has 0 aliphatic heterocycles. The number of hydrogen-bond acceptors (Lipinski definition) is 1. The van der Waals surface area contributed by atoms with Crippen LogP contribution in [0.15, 0.2) is 42.9 Å². The van der Waals surface area contributed by atoms with Gasteiger partial charge in [0, 0.05) is 31.2 Å². The molecular formula is C14H15N3. The van der Waals surface area contributed by atoms with Gasteiger partial charge in [-0.25, -0.2) is 4.98 Å². The molecule has 2 heterocycles. The van der Waals surface area contributed by atoms with E-state index >= 15 is 0 Å². The van der Waals surface area contributed by atoms with Gasteiger partial charge in [0.15, 0.2) is 0 Å². The van der Waals surface area contributed by atoms with E-state index in [9.17, 15) is 0 Å². The van der Waals surface area contributed by atoms with Gasteiger partial charge in [0.1, 0.15) is 5.82 Å². The molecule has 0 atom stereocenters. The van der Waals surface area contributed by atoms with Gasteiger partial charge >= 0.3 is 0 Å². The second-order valence-electron chi connectivity index (χ2n) is 4.46. The lowest BCUT2D eigenvalue weighted by molar-refractivity contribution is 0.718. The zero-order valence-corrected chi connectivity index (χ0v) is 10.1. The van der Waals surface area contributed by atoms with Gasteiger partial charge in [-0.2, -0.15) is 0 Å². The van der Waals surface area contributed by atoms with Crippen molar-refractivity contribution in [2.75, 3.05) is 0 Å². The van der Waals surface area contributed by atoms with Gasteiger partial charge in [0.05, 0.1) is 6.54 Å². The van der Waals surface area contributed by atoms with Crippen LogP contribution in [0.2, 0.25) is 0 Å². The maximum absolute atomic E-state index is 4.36. The highest BCUT2D eigenvalue weighted by Crippen LogP contribution is 2.18. The largest absolute Gasteiger partial charge is 0.340 e. The topological polar surface area (TPSA) is 22.8 Å². The lowest BCUT2D eigenvalue weighted by Gasteiger charge is -2.06. The second-order valence-corrected chi connectivity index (χ2v) is 4.46. The van der Waals surface area contributed by atoms with Crippen LogP contribution in [0.3, 0.4) is 0 Å². The summed E-state index contributed by atoms with van der Waals surface area (Å²) in [5.74, 6) is 1.07. The Morgan fingerprint density at radius 3 is 2.82 bits per heavy atom. The molecule has 0 fully saturated rings. The van der Waals surface area contributed by atoms with E-state index in [1.54, 1.807) is 0 Å². The zero-order valence-electron chi connectivity index (χ0n) is 10.1. The maximum Gasteiger partial charge on any atom is 0.128 e. The molecular weight excluding hydrogens is 210 g/mol. The molecule has 0 aliphatic carbocycles. The van der Waals surface area contributed by atoms with Gasteiger partial charge in [-0.1, -0.05) is 12.1 Å². The highest BCUT2D eigenvalue weighted by molar-refractivity contribution is 5.80. The zero-order chi connectivity index (χ0) is 11.8. The van der Waals surface area contributed by atoms with Crippen LogP contribution in [0.5, 0.6) is 0 Å². The molecule has 3 heteroatoms. The van der Waals surface area contributed by atoms with Crippen molar-refractivity contribution in [3.63, 3.8) is 0 Å². The lowest BCUT2D eigenvalue weighted by atomic mass is 10.2. The minimum atomic E-state index is 0.816. The number of imidazole rings is 1. The Labute approximate surface area is 100 Å². The molecule has 0 aliphatic rings. The van der Waals surface area contributed by atoms with Crippen LogP contribution in [0.4, 0.5) is 0 Å². The van der Waals surface area contributed by atoms with Crippen molar-refractivity contribution in [1.82, 2.24) is 14.1 Å². The standard InChI is InChI=1S/C14H15N3/c1-11-3-4-12-5-7-17(13(12)9-11)10-14-15-6-8-16(14)2/h3-9H,10H2,1-2H3. The number of nitrogens with zero attached hydrogens (tertiary/aromatic N) is 3. The number of fused-ring (bicyclic) bond motifs is 1. The predicted octanol–water partition coefficient (Wildman–Crippen LogP) is 2.73. The molecule has 0 unspecified atom stereocenters. The molecule has 2 aromatic heterocycles. The molecule has 3 nitrogen and oxygen atoms in total. The van der Waals surface area contributed by atoms with E-state index < -0.39 is 0 Å². The molecule has 0 radical (unpaired) electrons. The summed E-state index contributed by atoms with van der Waals surface area (Å²) < 4.78 is 4.30. The minimum absolute atomic E-state index is 0.816. The summed E-state index contributed by atoms with van der Waals surface area (Å²) in [4.78, 5) is 4.36. The number of rotatable bonds is 2. The minimum Gasteiger partial charge on any atom is -0.340 e. The quantitative estimate of drug-likeness (QED) is 0.657. The Hall–Kier alpha value is -2.03. The van der Waals surface area contributed by atoms with E-state index in [4.69, 9.17) is 0 Å². The van der Waals surface area contributed by atoms with E-state index in [-0.39, 0.29) is 0 Å². The fourth-order valence-electron chi connectivity index (χ4n) is 2.13. The highest BCUT2D eigenvalue weighted by Gasteiger charge is 2.04. The molecule has 86 valence electrons. The van der Waals surface area contributed by atoms with Crippen LogP contribution in [0.1, 0.15) is 11.4 Å². The first-order valence-corrected chi connectivity index (χ1v) is 5.76. The average Bonchev–Trinajstić information content (AvgIpc) is 2.88. The van der Waals surface area contributed by atoms with Crippen molar-refractivity contribution < 1.29 is 0 Å². The monoisotopic (exact) mass is 225 g/mol. The molecule has 3 rings (SSSR count). The number of benzene rings is 1. The van der Waals surface area contributed by atoms with Gasteiger partial charge in [-0.3, -0.25) is 0 Å². The Balaban J connectivity index is 2.06. The molecule has 0 saturated heterocycles. The third-order valence-electron chi connectivity index (χ3n) is 3.16. The van der Waals surface area contributed by atoms with E-state index in [1.165, 1.54) is 16.5 Å². The van der Waals surface area contributed by atoms with Crippen LogP contribution in [0, 0.1) is 6.92 Å². The molecule has 1 aromatic carbocycles. The van der Waals surface area contributed by atoms with Crippen molar-refractivity contribution in [3.8, 4) is 0 Å². The van der Waals surface area contributed by atoms with Crippen LogP contribution < -0.4 is 0 Å². The van der Waals surface area contributed by atoms with E-state index in [1.807, 2.05) is 19.4 Å². The number of hydrogen-bond donors (Lipinski definition) is 0. The van der Waals surface area contributed by atoms with Gasteiger partial charge in [0.2, 0.25) is 0 Å². The van der Waals surface area contributed by atoms with Gasteiger partial charge < -0.3 is 9.13 Å². The molecule has 0 spiro atoms. The average molecular weight is 225 g/mol. The maximum atomic E-state index is 4.36. The summed E-state index contributed by atoms with van der Waals surface area (Å²) in [5.41, 5.74) is 2.56. The van der Waals surface area contributed by atoms with Crippen LogP contribution >= 0.6 is 0 Å². The van der Waals surface area contributed by atoms with Gasteiger partial charge in [-0.15, -0.1) is 0 Å². The third kappa shape index (κ3) is 1.73. The molecule has 0 amide bonds. The predicted molar refractivity (Wildman–Crippen MR) is 69.0 cm³/mol. The van der Waals surface area contributed by atoms with Crippen molar-refractivity contribution in [3.05, 3.63) is 54.2 Å². The summed E-state index contributed by atoms with van der Waals surface area (Å²) in [6.45, 7) is 2.94. The highest BCUT2D eigenvalue weighted by atomic mass is 15.1. The fourth-order valence-corrected chi connectivity index (χ4v) is 2.13. The van der Waals surface area contributed by atoms with Crippen LogP contribution in [-0.4, -0.2) is 14.1 Å². The van der Waals surface area contributed by atoms with E-state index in [0.29, 0.717) is 0 Å². The van der Waals surface area contributed by atoms with Gasteiger partial charge in [-0.05, 0) is 30.0 Å². The van der Waals surface area contributed by atoms with Crippen molar-refractivity contribution in [2.24, 2.45) is 7.05 Å². The number of aryl methyl sites for hydroxylation is 2. The van der Waals surface area contributed by atoms with Gasteiger partial charge in [0.25, 0.3) is 0 Å². The van der Waals surface area contributed by atoms with Crippen molar-refractivity contribution in [1.29, 1.82) is 0 Å².